The Morgan fingerprint density at radius 3 is 2.25 bits per heavy atom. The van der Waals surface area contributed by atoms with Crippen LogP contribution in [-0.2, 0) is 9.53 Å². The fourth-order valence-electron chi connectivity index (χ4n) is 1.92. The smallest absolute Gasteiger partial charge is 0.250 e. The summed E-state index contributed by atoms with van der Waals surface area (Å²) in [5.41, 5.74) is 1.86. The zero-order valence-electron chi connectivity index (χ0n) is 12.9. The van der Waals surface area contributed by atoms with Crippen LogP contribution in [0.15, 0.2) is 24.3 Å². The number of hydrogen-bond donors (Lipinski definition) is 2. The highest BCUT2D eigenvalue weighted by Crippen LogP contribution is 2.16. The number of hydrogen-bond acceptors (Lipinski definition) is 3. The minimum absolute atomic E-state index is 0.0756. The van der Waals surface area contributed by atoms with E-state index in [4.69, 9.17) is 4.74 Å². The van der Waals surface area contributed by atoms with Crippen molar-refractivity contribution in [2.45, 2.75) is 39.7 Å². The summed E-state index contributed by atoms with van der Waals surface area (Å²) in [4.78, 5) is 11.4. The summed E-state index contributed by atoms with van der Waals surface area (Å²) in [5.74, 6) is 0.594. The fourth-order valence-corrected chi connectivity index (χ4v) is 1.92. The van der Waals surface area contributed by atoms with Crippen LogP contribution < -0.4 is 10.6 Å². The molecule has 0 aliphatic heterocycles. The van der Waals surface area contributed by atoms with Crippen LogP contribution in [0.2, 0.25) is 0 Å². The molecule has 1 aromatic carbocycles. The molecule has 20 heavy (non-hydrogen) atoms. The van der Waals surface area contributed by atoms with Crippen LogP contribution >= 0.6 is 0 Å². The lowest BCUT2D eigenvalue weighted by atomic mass is 10.0. The second-order valence-electron chi connectivity index (χ2n) is 5.58. The Labute approximate surface area is 121 Å². The first-order chi connectivity index (χ1) is 9.51. The van der Waals surface area contributed by atoms with E-state index in [1.807, 2.05) is 24.3 Å². The summed E-state index contributed by atoms with van der Waals surface area (Å²) in [6.45, 7) is 6.75. The number of ether oxygens (including phenoxy) is 1. The van der Waals surface area contributed by atoms with Crippen molar-refractivity contribution in [3.05, 3.63) is 24.3 Å². The molecule has 0 fully saturated rings. The first-order valence-electron chi connectivity index (χ1n) is 7.16. The van der Waals surface area contributed by atoms with Crippen molar-refractivity contribution in [1.29, 1.82) is 0 Å². The largest absolute Gasteiger partial charge is 0.383 e. The van der Waals surface area contributed by atoms with E-state index >= 15 is 0 Å². The minimum Gasteiger partial charge on any atom is -0.383 e. The molecule has 0 aliphatic carbocycles. The Bertz CT molecular complexity index is 401. The lowest BCUT2D eigenvalue weighted by molar-refractivity contribution is -0.119. The Morgan fingerprint density at radius 2 is 1.70 bits per heavy atom. The molecule has 2 N–H and O–H groups in total. The Morgan fingerprint density at radius 1 is 1.10 bits per heavy atom. The first-order valence-corrected chi connectivity index (χ1v) is 7.16. The van der Waals surface area contributed by atoms with E-state index in [1.165, 1.54) is 13.5 Å². The molecule has 4 heteroatoms. The minimum atomic E-state index is -0.140. The third-order valence-electron chi connectivity index (χ3n) is 3.03. The van der Waals surface area contributed by atoms with E-state index in [0.29, 0.717) is 6.04 Å². The lowest BCUT2D eigenvalue weighted by Crippen LogP contribution is -2.17. The van der Waals surface area contributed by atoms with Gasteiger partial charge < -0.3 is 15.4 Å². The highest BCUT2D eigenvalue weighted by Gasteiger charge is 2.05. The van der Waals surface area contributed by atoms with Gasteiger partial charge in [0.1, 0.15) is 6.61 Å². The normalized spacial score (nSPS) is 12.2. The van der Waals surface area contributed by atoms with Crippen LogP contribution in [0.4, 0.5) is 11.4 Å². The highest BCUT2D eigenvalue weighted by atomic mass is 16.5. The van der Waals surface area contributed by atoms with Gasteiger partial charge in [0, 0.05) is 24.5 Å². The molecule has 0 spiro atoms. The number of methoxy groups -OCH3 is 1. The van der Waals surface area contributed by atoms with Gasteiger partial charge in [-0.1, -0.05) is 13.8 Å². The number of carbonyl (C=O) groups excluding carboxylic acids is 1. The van der Waals surface area contributed by atoms with Crippen molar-refractivity contribution in [3.8, 4) is 0 Å². The quantitative estimate of drug-likeness (QED) is 0.765. The van der Waals surface area contributed by atoms with Gasteiger partial charge in [-0.15, -0.1) is 0 Å². The maximum absolute atomic E-state index is 11.4. The molecule has 0 saturated carbocycles. The van der Waals surface area contributed by atoms with Gasteiger partial charge in [-0.3, -0.25) is 4.79 Å². The summed E-state index contributed by atoms with van der Waals surface area (Å²) < 4.78 is 4.77. The third kappa shape index (κ3) is 6.57. The zero-order valence-corrected chi connectivity index (χ0v) is 12.9. The Hall–Kier alpha value is -1.55. The fraction of sp³-hybridized carbons (Fsp3) is 0.562. The van der Waals surface area contributed by atoms with E-state index in [-0.39, 0.29) is 12.5 Å². The predicted molar refractivity (Wildman–Crippen MR) is 84.1 cm³/mol. The van der Waals surface area contributed by atoms with E-state index in [0.717, 1.165) is 23.7 Å². The van der Waals surface area contributed by atoms with Crippen molar-refractivity contribution >= 4 is 17.3 Å². The average Bonchev–Trinajstić information content (AvgIpc) is 2.39. The van der Waals surface area contributed by atoms with Crippen molar-refractivity contribution in [2.75, 3.05) is 24.4 Å². The molecule has 0 saturated heterocycles. The SMILES string of the molecule is COCC(=O)Nc1ccc(NC(C)CCC(C)C)cc1. The van der Waals surface area contributed by atoms with E-state index in [9.17, 15) is 4.79 Å². The van der Waals surface area contributed by atoms with Crippen LogP contribution in [0.5, 0.6) is 0 Å². The van der Waals surface area contributed by atoms with Gasteiger partial charge in [-0.05, 0) is 49.9 Å². The Kier molecular flexibility index (Phi) is 7.09. The molecule has 1 aromatic rings. The van der Waals surface area contributed by atoms with Crippen LogP contribution in [0.3, 0.4) is 0 Å². The van der Waals surface area contributed by atoms with Gasteiger partial charge in [0.25, 0.3) is 0 Å². The van der Waals surface area contributed by atoms with E-state index in [1.54, 1.807) is 0 Å². The maximum Gasteiger partial charge on any atom is 0.250 e. The number of benzene rings is 1. The average molecular weight is 278 g/mol. The van der Waals surface area contributed by atoms with Crippen molar-refractivity contribution in [1.82, 2.24) is 0 Å². The molecule has 0 bridgehead atoms. The standard InChI is InChI=1S/C16H26N2O2/c1-12(2)5-6-13(3)17-14-7-9-15(10-8-14)18-16(19)11-20-4/h7-10,12-13,17H,5-6,11H2,1-4H3,(H,18,19). The second-order valence-corrected chi connectivity index (χ2v) is 5.58. The maximum atomic E-state index is 11.4. The summed E-state index contributed by atoms with van der Waals surface area (Å²) >= 11 is 0. The molecule has 0 aliphatic rings. The van der Waals surface area contributed by atoms with Gasteiger partial charge in [0.2, 0.25) is 5.91 Å². The van der Waals surface area contributed by atoms with Crippen molar-refractivity contribution < 1.29 is 9.53 Å². The summed E-state index contributed by atoms with van der Waals surface area (Å²) in [6.07, 6.45) is 2.38. The number of rotatable bonds is 8. The molecule has 1 unspecified atom stereocenters. The monoisotopic (exact) mass is 278 g/mol. The molecule has 1 amide bonds. The molecule has 1 atom stereocenters. The van der Waals surface area contributed by atoms with Crippen LogP contribution in [0.1, 0.15) is 33.6 Å². The number of anilines is 2. The zero-order chi connectivity index (χ0) is 15.0. The van der Waals surface area contributed by atoms with Crippen LogP contribution in [0, 0.1) is 5.92 Å². The summed E-state index contributed by atoms with van der Waals surface area (Å²) in [6, 6.07) is 8.20. The molecule has 0 aromatic heterocycles. The molecular formula is C16H26N2O2. The number of carbonyl (C=O) groups is 1. The molecule has 112 valence electrons. The number of amides is 1. The predicted octanol–water partition coefficient (Wildman–Crippen LogP) is 3.51. The second kappa shape index (κ2) is 8.59. The third-order valence-corrected chi connectivity index (χ3v) is 3.03. The van der Waals surface area contributed by atoms with Gasteiger partial charge in [-0.2, -0.15) is 0 Å². The first kappa shape index (κ1) is 16.5. The van der Waals surface area contributed by atoms with Crippen LogP contribution in [0.25, 0.3) is 0 Å². The highest BCUT2D eigenvalue weighted by molar-refractivity contribution is 5.91. The molecule has 4 nitrogen and oxygen atoms in total. The summed E-state index contributed by atoms with van der Waals surface area (Å²) in [7, 11) is 1.51. The van der Waals surface area contributed by atoms with Crippen LogP contribution in [-0.4, -0.2) is 25.7 Å². The summed E-state index contributed by atoms with van der Waals surface area (Å²) in [5, 5.41) is 6.24. The van der Waals surface area contributed by atoms with Gasteiger partial charge in [0.15, 0.2) is 0 Å². The van der Waals surface area contributed by atoms with E-state index in [2.05, 4.69) is 31.4 Å². The Balaban J connectivity index is 2.43. The topological polar surface area (TPSA) is 50.4 Å². The van der Waals surface area contributed by atoms with Crippen molar-refractivity contribution in [2.24, 2.45) is 5.92 Å². The molecule has 0 heterocycles. The van der Waals surface area contributed by atoms with E-state index < -0.39 is 0 Å². The molecule has 0 radical (unpaired) electrons. The van der Waals surface area contributed by atoms with Gasteiger partial charge in [-0.25, -0.2) is 0 Å². The van der Waals surface area contributed by atoms with Crippen molar-refractivity contribution in [3.63, 3.8) is 0 Å². The lowest BCUT2D eigenvalue weighted by Gasteiger charge is -2.16. The van der Waals surface area contributed by atoms with Gasteiger partial charge in [0.05, 0.1) is 0 Å². The molecule has 1 rings (SSSR count). The van der Waals surface area contributed by atoms with Gasteiger partial charge >= 0.3 is 0 Å². The molecular weight excluding hydrogens is 252 g/mol. The number of nitrogens with one attached hydrogen (secondary N) is 2.